The molecule has 0 fully saturated rings. The fourth-order valence-corrected chi connectivity index (χ4v) is 2.45. The minimum atomic E-state index is 0.360. The van der Waals surface area contributed by atoms with Gasteiger partial charge in [-0.15, -0.1) is 0 Å². The maximum Gasteiger partial charge on any atom is 0.157 e. The normalized spacial score (nSPS) is 11.6. The van der Waals surface area contributed by atoms with Gasteiger partial charge in [-0.2, -0.15) is 5.10 Å². The fraction of sp³-hybridized carbons (Fsp3) is 0.500. The second-order valence-electron chi connectivity index (χ2n) is 4.32. The molecule has 2 rings (SSSR count). The van der Waals surface area contributed by atoms with Gasteiger partial charge in [0.2, 0.25) is 0 Å². The lowest BCUT2D eigenvalue weighted by Gasteiger charge is -2.11. The van der Waals surface area contributed by atoms with Gasteiger partial charge in [-0.1, -0.05) is 32.4 Å². The Kier molecular flexibility index (Phi) is 2.89. The monoisotopic (exact) mass is 237 g/mol. The molecule has 0 saturated carbocycles. The van der Waals surface area contributed by atoms with Crippen LogP contribution in [0.1, 0.15) is 43.6 Å². The minimum absolute atomic E-state index is 0.360. The Morgan fingerprint density at radius 1 is 1.44 bits per heavy atom. The highest BCUT2D eigenvalue weighted by Crippen LogP contribution is 2.27. The molecular weight excluding hydrogens is 222 g/mol. The van der Waals surface area contributed by atoms with Crippen LogP contribution < -0.4 is 0 Å². The predicted molar refractivity (Wildman–Crippen MR) is 66.2 cm³/mol. The Morgan fingerprint density at radius 3 is 2.69 bits per heavy atom. The Bertz CT molecular complexity index is 529. The van der Waals surface area contributed by atoms with Crippen molar-refractivity contribution in [3.05, 3.63) is 28.2 Å². The zero-order valence-electron chi connectivity index (χ0n) is 10.1. The number of fused-ring (bicyclic) bond motifs is 1. The van der Waals surface area contributed by atoms with Gasteiger partial charge >= 0.3 is 0 Å². The summed E-state index contributed by atoms with van der Waals surface area (Å²) in [5, 5.41) is 5.13. The molecule has 0 bridgehead atoms. The molecule has 2 aromatic heterocycles. The van der Waals surface area contributed by atoms with Crippen molar-refractivity contribution in [3.63, 3.8) is 0 Å². The van der Waals surface area contributed by atoms with E-state index in [1.807, 2.05) is 13.0 Å². The molecule has 16 heavy (non-hydrogen) atoms. The summed E-state index contributed by atoms with van der Waals surface area (Å²) < 4.78 is 1.74. The van der Waals surface area contributed by atoms with Crippen molar-refractivity contribution in [2.24, 2.45) is 0 Å². The van der Waals surface area contributed by atoms with Crippen LogP contribution in [0.3, 0.4) is 0 Å². The first-order valence-corrected chi connectivity index (χ1v) is 5.97. The lowest BCUT2D eigenvalue weighted by molar-refractivity contribution is 0.799. The summed E-state index contributed by atoms with van der Waals surface area (Å²) in [4.78, 5) is 4.54. The van der Waals surface area contributed by atoms with E-state index < -0.39 is 0 Å². The molecule has 0 spiro atoms. The molecule has 2 aromatic rings. The highest BCUT2D eigenvalue weighted by atomic mass is 35.5. The molecule has 0 amide bonds. The van der Waals surface area contributed by atoms with Gasteiger partial charge in [0.1, 0.15) is 5.15 Å². The highest BCUT2D eigenvalue weighted by Gasteiger charge is 2.15. The Hall–Kier alpha value is -1.09. The number of rotatable bonds is 2. The molecule has 0 N–H and O–H groups in total. The van der Waals surface area contributed by atoms with Gasteiger partial charge in [-0.3, -0.25) is 0 Å². The van der Waals surface area contributed by atoms with Crippen molar-refractivity contribution in [2.45, 2.75) is 40.0 Å². The van der Waals surface area contributed by atoms with E-state index >= 15 is 0 Å². The first-order chi connectivity index (χ1) is 7.54. The second kappa shape index (κ2) is 4.06. The van der Waals surface area contributed by atoms with Gasteiger partial charge in [0.05, 0.1) is 5.69 Å². The molecule has 0 saturated heterocycles. The van der Waals surface area contributed by atoms with Crippen LogP contribution in [0.5, 0.6) is 0 Å². The van der Waals surface area contributed by atoms with Gasteiger partial charge in [0.15, 0.2) is 5.65 Å². The number of hydrogen-bond donors (Lipinski definition) is 0. The standard InChI is InChI=1S/C12H16ClN3/c1-5-9-6-10-14-8(4)11(7(2)3)12(13)16(10)15-9/h6-7H,5H2,1-4H3. The van der Waals surface area contributed by atoms with E-state index in [1.54, 1.807) is 4.52 Å². The number of hydrogen-bond acceptors (Lipinski definition) is 2. The Morgan fingerprint density at radius 2 is 2.12 bits per heavy atom. The summed E-state index contributed by atoms with van der Waals surface area (Å²) in [6, 6.07) is 1.99. The number of aryl methyl sites for hydroxylation is 2. The third-order valence-electron chi connectivity index (χ3n) is 2.76. The molecule has 0 aliphatic heterocycles. The molecule has 0 radical (unpaired) electrons. The van der Waals surface area contributed by atoms with E-state index in [9.17, 15) is 0 Å². The Balaban J connectivity index is 2.76. The molecule has 0 atom stereocenters. The topological polar surface area (TPSA) is 30.2 Å². The largest absolute Gasteiger partial charge is 0.233 e. The van der Waals surface area contributed by atoms with Crippen molar-refractivity contribution in [2.75, 3.05) is 0 Å². The quantitative estimate of drug-likeness (QED) is 0.750. The lowest BCUT2D eigenvalue weighted by atomic mass is 10.0. The van der Waals surface area contributed by atoms with E-state index in [2.05, 4.69) is 30.9 Å². The maximum absolute atomic E-state index is 6.37. The molecule has 0 unspecified atom stereocenters. The summed E-state index contributed by atoms with van der Waals surface area (Å²) >= 11 is 6.37. The molecule has 4 heteroatoms. The SMILES string of the molecule is CCc1cc2nc(C)c(C(C)C)c(Cl)n2n1. The van der Waals surface area contributed by atoms with Gasteiger partial charge in [0.25, 0.3) is 0 Å². The first kappa shape index (κ1) is 11.4. The maximum atomic E-state index is 6.37. The lowest BCUT2D eigenvalue weighted by Crippen LogP contribution is -2.03. The van der Waals surface area contributed by atoms with Crippen molar-refractivity contribution in [1.82, 2.24) is 14.6 Å². The van der Waals surface area contributed by atoms with E-state index in [-0.39, 0.29) is 0 Å². The van der Waals surface area contributed by atoms with Crippen molar-refractivity contribution >= 4 is 17.2 Å². The van der Waals surface area contributed by atoms with Gasteiger partial charge in [0, 0.05) is 17.3 Å². The molecule has 0 aliphatic rings. The predicted octanol–water partition coefficient (Wildman–Crippen LogP) is 3.38. The third-order valence-corrected chi connectivity index (χ3v) is 3.12. The average Bonchev–Trinajstić information content (AvgIpc) is 2.60. The van der Waals surface area contributed by atoms with E-state index in [0.29, 0.717) is 11.1 Å². The van der Waals surface area contributed by atoms with Crippen LogP contribution in [-0.2, 0) is 6.42 Å². The van der Waals surface area contributed by atoms with Gasteiger partial charge in [-0.05, 0) is 19.3 Å². The van der Waals surface area contributed by atoms with Crippen molar-refractivity contribution in [1.29, 1.82) is 0 Å². The fourth-order valence-electron chi connectivity index (χ4n) is 1.97. The van der Waals surface area contributed by atoms with Gasteiger partial charge < -0.3 is 0 Å². The summed E-state index contributed by atoms with van der Waals surface area (Å²) in [5.74, 6) is 0.360. The Labute approximate surface area is 100 Å². The number of aromatic nitrogens is 3. The second-order valence-corrected chi connectivity index (χ2v) is 4.67. The summed E-state index contributed by atoms with van der Waals surface area (Å²) in [7, 11) is 0. The average molecular weight is 238 g/mol. The van der Waals surface area contributed by atoms with Crippen molar-refractivity contribution in [3.8, 4) is 0 Å². The van der Waals surface area contributed by atoms with Crippen LogP contribution >= 0.6 is 11.6 Å². The van der Waals surface area contributed by atoms with Crippen LogP contribution in [0, 0.1) is 6.92 Å². The van der Waals surface area contributed by atoms with E-state index in [4.69, 9.17) is 11.6 Å². The summed E-state index contributed by atoms with van der Waals surface area (Å²) in [6.45, 7) is 8.31. The zero-order chi connectivity index (χ0) is 11.9. The van der Waals surface area contributed by atoms with Crippen molar-refractivity contribution < 1.29 is 0 Å². The van der Waals surface area contributed by atoms with Gasteiger partial charge in [-0.25, -0.2) is 9.50 Å². The highest BCUT2D eigenvalue weighted by molar-refractivity contribution is 6.30. The first-order valence-electron chi connectivity index (χ1n) is 5.59. The van der Waals surface area contributed by atoms with Crippen LogP contribution in [-0.4, -0.2) is 14.6 Å². The summed E-state index contributed by atoms with van der Waals surface area (Å²) in [6.07, 6.45) is 0.899. The van der Waals surface area contributed by atoms with E-state index in [0.717, 1.165) is 29.0 Å². The molecular formula is C12H16ClN3. The molecule has 0 aliphatic carbocycles. The van der Waals surface area contributed by atoms with Crippen LogP contribution in [0.15, 0.2) is 6.07 Å². The molecule has 2 heterocycles. The van der Waals surface area contributed by atoms with Crippen LogP contribution in [0.25, 0.3) is 5.65 Å². The number of nitrogens with zero attached hydrogens (tertiary/aromatic N) is 3. The zero-order valence-corrected chi connectivity index (χ0v) is 10.8. The van der Waals surface area contributed by atoms with E-state index in [1.165, 1.54) is 0 Å². The van der Waals surface area contributed by atoms with Crippen LogP contribution in [0.2, 0.25) is 5.15 Å². The molecule has 0 aromatic carbocycles. The minimum Gasteiger partial charge on any atom is -0.233 e. The third kappa shape index (κ3) is 1.69. The molecule has 86 valence electrons. The molecule has 3 nitrogen and oxygen atoms in total. The summed E-state index contributed by atoms with van der Waals surface area (Å²) in [5.41, 5.74) is 3.94. The number of halogens is 1. The van der Waals surface area contributed by atoms with Crippen LogP contribution in [0.4, 0.5) is 0 Å². The smallest absolute Gasteiger partial charge is 0.157 e.